The van der Waals surface area contributed by atoms with Gasteiger partial charge in [0.1, 0.15) is 0 Å². The fourth-order valence-corrected chi connectivity index (χ4v) is 1.89. The zero-order chi connectivity index (χ0) is 12.3. The van der Waals surface area contributed by atoms with Gasteiger partial charge in [-0.1, -0.05) is 30.3 Å². The Kier molecular flexibility index (Phi) is 3.79. The van der Waals surface area contributed by atoms with Gasteiger partial charge in [-0.05, 0) is 18.4 Å². The van der Waals surface area contributed by atoms with Crippen LogP contribution in [0.4, 0.5) is 0 Å². The van der Waals surface area contributed by atoms with Crippen LogP contribution in [-0.4, -0.2) is 42.4 Å². The summed E-state index contributed by atoms with van der Waals surface area (Å²) in [6.45, 7) is 1.41. The van der Waals surface area contributed by atoms with E-state index in [9.17, 15) is 4.79 Å². The van der Waals surface area contributed by atoms with E-state index in [1.165, 1.54) is 18.4 Å². The number of carbonyl (C=O) groups is 1. The molecule has 0 aromatic heterocycles. The maximum absolute atomic E-state index is 11.8. The van der Waals surface area contributed by atoms with Gasteiger partial charge < -0.3 is 4.90 Å². The third-order valence-corrected chi connectivity index (χ3v) is 3.13. The molecular weight excluding hydrogens is 212 g/mol. The normalized spacial score (nSPS) is 15.0. The quantitative estimate of drug-likeness (QED) is 0.772. The number of carbonyl (C=O) groups excluding carboxylic acids is 1. The summed E-state index contributed by atoms with van der Waals surface area (Å²) in [4.78, 5) is 15.7. The number of hydrogen-bond donors (Lipinski definition) is 0. The van der Waals surface area contributed by atoms with Gasteiger partial charge in [0, 0.05) is 26.7 Å². The molecule has 1 aliphatic rings. The number of hydrogen-bond acceptors (Lipinski definition) is 2. The molecule has 1 aromatic carbocycles. The van der Waals surface area contributed by atoms with Crippen molar-refractivity contribution >= 4 is 5.91 Å². The van der Waals surface area contributed by atoms with E-state index >= 15 is 0 Å². The highest BCUT2D eigenvalue weighted by molar-refractivity contribution is 5.77. The zero-order valence-electron chi connectivity index (χ0n) is 10.6. The smallest absolute Gasteiger partial charge is 0.236 e. The molecule has 0 radical (unpaired) electrons. The van der Waals surface area contributed by atoms with Crippen molar-refractivity contribution < 1.29 is 4.79 Å². The Labute approximate surface area is 103 Å². The molecule has 0 bridgehead atoms. The molecule has 1 aliphatic carbocycles. The lowest BCUT2D eigenvalue weighted by Gasteiger charge is -2.23. The van der Waals surface area contributed by atoms with E-state index in [1.807, 2.05) is 32.3 Å². The first kappa shape index (κ1) is 12.1. The first-order chi connectivity index (χ1) is 8.16. The first-order valence-electron chi connectivity index (χ1n) is 6.15. The van der Waals surface area contributed by atoms with E-state index < -0.39 is 0 Å². The van der Waals surface area contributed by atoms with Gasteiger partial charge in [0.05, 0.1) is 6.54 Å². The molecule has 1 saturated carbocycles. The molecule has 0 aliphatic heterocycles. The van der Waals surface area contributed by atoms with Crippen LogP contribution < -0.4 is 0 Å². The summed E-state index contributed by atoms with van der Waals surface area (Å²) in [6.07, 6.45) is 2.46. The minimum Gasteiger partial charge on any atom is -0.348 e. The molecule has 0 spiro atoms. The Morgan fingerprint density at radius 1 is 1.24 bits per heavy atom. The van der Waals surface area contributed by atoms with Crippen LogP contribution in [0.3, 0.4) is 0 Å². The van der Waals surface area contributed by atoms with E-state index in [4.69, 9.17) is 0 Å². The third kappa shape index (κ3) is 3.56. The van der Waals surface area contributed by atoms with Crippen LogP contribution in [0.25, 0.3) is 0 Å². The minimum atomic E-state index is 0.188. The van der Waals surface area contributed by atoms with E-state index in [1.54, 1.807) is 4.90 Å². The largest absolute Gasteiger partial charge is 0.348 e. The molecule has 1 fully saturated rings. The standard InChI is InChI=1S/C14H20N2O/c1-15(2)14(17)11-16(13-8-9-13)10-12-6-4-3-5-7-12/h3-7,13H,8-11H2,1-2H3. The lowest BCUT2D eigenvalue weighted by atomic mass is 10.2. The van der Waals surface area contributed by atoms with Crippen molar-refractivity contribution in [3.05, 3.63) is 35.9 Å². The summed E-state index contributed by atoms with van der Waals surface area (Å²) in [5.41, 5.74) is 1.28. The summed E-state index contributed by atoms with van der Waals surface area (Å²) < 4.78 is 0. The Bertz CT molecular complexity index is 371. The lowest BCUT2D eigenvalue weighted by molar-refractivity contribution is -0.130. The van der Waals surface area contributed by atoms with Crippen LogP contribution in [0.15, 0.2) is 30.3 Å². The Balaban J connectivity index is 1.96. The van der Waals surface area contributed by atoms with Crippen LogP contribution in [0.5, 0.6) is 0 Å². The van der Waals surface area contributed by atoms with Crippen LogP contribution in [0.2, 0.25) is 0 Å². The van der Waals surface area contributed by atoms with Crippen molar-refractivity contribution in [3.8, 4) is 0 Å². The van der Waals surface area contributed by atoms with Gasteiger partial charge in [0.2, 0.25) is 5.91 Å². The van der Waals surface area contributed by atoms with Crippen molar-refractivity contribution in [1.82, 2.24) is 9.80 Å². The van der Waals surface area contributed by atoms with Crippen molar-refractivity contribution in [2.24, 2.45) is 0 Å². The zero-order valence-corrected chi connectivity index (χ0v) is 10.6. The highest BCUT2D eigenvalue weighted by atomic mass is 16.2. The van der Waals surface area contributed by atoms with Crippen LogP contribution in [-0.2, 0) is 11.3 Å². The molecule has 3 heteroatoms. The summed E-state index contributed by atoms with van der Waals surface area (Å²) in [5, 5.41) is 0. The van der Waals surface area contributed by atoms with Crippen molar-refractivity contribution in [3.63, 3.8) is 0 Å². The number of rotatable bonds is 5. The monoisotopic (exact) mass is 232 g/mol. The molecular formula is C14H20N2O. The molecule has 0 unspecified atom stereocenters. The molecule has 0 heterocycles. The molecule has 17 heavy (non-hydrogen) atoms. The van der Waals surface area contributed by atoms with E-state index in [0.717, 1.165) is 6.54 Å². The molecule has 2 rings (SSSR count). The third-order valence-electron chi connectivity index (χ3n) is 3.13. The summed E-state index contributed by atoms with van der Waals surface area (Å²) >= 11 is 0. The number of nitrogens with zero attached hydrogens (tertiary/aromatic N) is 2. The average Bonchev–Trinajstić information content (AvgIpc) is 3.13. The van der Waals surface area contributed by atoms with E-state index in [0.29, 0.717) is 12.6 Å². The lowest BCUT2D eigenvalue weighted by Crippen LogP contribution is -2.37. The van der Waals surface area contributed by atoms with Gasteiger partial charge in [-0.2, -0.15) is 0 Å². The maximum atomic E-state index is 11.8. The second-order valence-corrected chi connectivity index (χ2v) is 4.91. The van der Waals surface area contributed by atoms with E-state index in [2.05, 4.69) is 17.0 Å². The first-order valence-corrected chi connectivity index (χ1v) is 6.15. The molecule has 92 valence electrons. The molecule has 0 atom stereocenters. The number of amides is 1. The fourth-order valence-electron chi connectivity index (χ4n) is 1.89. The maximum Gasteiger partial charge on any atom is 0.236 e. The molecule has 3 nitrogen and oxygen atoms in total. The predicted molar refractivity (Wildman–Crippen MR) is 68.6 cm³/mol. The van der Waals surface area contributed by atoms with Gasteiger partial charge in [-0.25, -0.2) is 0 Å². The molecule has 0 N–H and O–H groups in total. The number of likely N-dealkylation sites (N-methyl/N-ethyl adjacent to an activating group) is 1. The summed E-state index contributed by atoms with van der Waals surface area (Å²) in [5.74, 6) is 0.188. The van der Waals surface area contributed by atoms with Gasteiger partial charge >= 0.3 is 0 Å². The fraction of sp³-hybridized carbons (Fsp3) is 0.500. The second-order valence-electron chi connectivity index (χ2n) is 4.91. The number of benzene rings is 1. The van der Waals surface area contributed by atoms with Crippen LogP contribution in [0.1, 0.15) is 18.4 Å². The van der Waals surface area contributed by atoms with Gasteiger partial charge in [0.25, 0.3) is 0 Å². The van der Waals surface area contributed by atoms with Crippen molar-refractivity contribution in [2.45, 2.75) is 25.4 Å². The SMILES string of the molecule is CN(C)C(=O)CN(Cc1ccccc1)C1CC1. The highest BCUT2D eigenvalue weighted by Gasteiger charge is 2.30. The van der Waals surface area contributed by atoms with Gasteiger partial charge in [0.15, 0.2) is 0 Å². The average molecular weight is 232 g/mol. The Morgan fingerprint density at radius 3 is 2.41 bits per heavy atom. The van der Waals surface area contributed by atoms with Crippen LogP contribution >= 0.6 is 0 Å². The van der Waals surface area contributed by atoms with E-state index in [-0.39, 0.29) is 5.91 Å². The highest BCUT2D eigenvalue weighted by Crippen LogP contribution is 2.28. The Hall–Kier alpha value is -1.35. The van der Waals surface area contributed by atoms with Gasteiger partial charge in [-0.15, -0.1) is 0 Å². The molecule has 1 aromatic rings. The molecule has 0 saturated heterocycles. The second kappa shape index (κ2) is 5.32. The van der Waals surface area contributed by atoms with Crippen molar-refractivity contribution in [2.75, 3.05) is 20.6 Å². The molecule has 1 amide bonds. The minimum absolute atomic E-state index is 0.188. The van der Waals surface area contributed by atoms with Crippen molar-refractivity contribution in [1.29, 1.82) is 0 Å². The predicted octanol–water partition coefficient (Wildman–Crippen LogP) is 1.74. The summed E-state index contributed by atoms with van der Waals surface area (Å²) in [7, 11) is 3.63. The van der Waals surface area contributed by atoms with Crippen LogP contribution in [0, 0.1) is 0 Å². The Morgan fingerprint density at radius 2 is 1.88 bits per heavy atom. The van der Waals surface area contributed by atoms with Gasteiger partial charge in [-0.3, -0.25) is 9.69 Å². The summed E-state index contributed by atoms with van der Waals surface area (Å²) in [6, 6.07) is 11.0. The topological polar surface area (TPSA) is 23.6 Å².